The lowest BCUT2D eigenvalue weighted by Gasteiger charge is -2.17. The van der Waals surface area contributed by atoms with Gasteiger partial charge >= 0.3 is 16.9 Å². The van der Waals surface area contributed by atoms with Gasteiger partial charge in [0.05, 0.1) is 30.5 Å². The summed E-state index contributed by atoms with van der Waals surface area (Å²) in [5.41, 5.74) is -2.21. The predicted octanol–water partition coefficient (Wildman–Crippen LogP) is 4.34. The highest BCUT2D eigenvalue weighted by Crippen LogP contribution is 2.29. The minimum absolute atomic E-state index is 0.00615. The summed E-state index contributed by atoms with van der Waals surface area (Å²) in [6.07, 6.45) is 0.566. The average molecular weight is 528 g/mol. The molecule has 0 N–H and O–H groups in total. The van der Waals surface area contributed by atoms with Gasteiger partial charge in [0.1, 0.15) is 11.4 Å². The molecule has 3 aromatic carbocycles. The molecule has 2 heterocycles. The molecule has 5 rings (SSSR count). The van der Waals surface area contributed by atoms with Crippen LogP contribution in [-0.2, 0) is 6.54 Å². The Labute approximate surface area is 220 Å². The number of alkyl halides is 1. The summed E-state index contributed by atoms with van der Waals surface area (Å²) in [6.45, 7) is -0.183. The first-order chi connectivity index (χ1) is 18.9. The number of ether oxygens (including phenoxy) is 1. The molecule has 0 amide bonds. The Balaban J connectivity index is 1.77. The molecule has 1 unspecified atom stereocenters. The molecule has 0 aliphatic rings. The first-order valence-electron chi connectivity index (χ1n) is 11.8. The molecule has 0 fully saturated rings. The maximum Gasteiger partial charge on any atom is 0.358 e. The van der Waals surface area contributed by atoms with Crippen LogP contribution in [0.25, 0.3) is 16.9 Å². The number of rotatable bonds is 8. The SMILES string of the molecule is COc1ccc(Cn2c(-c3cnn(-c4ccccc4)c3)c([N+](=O)[O-])c(=O)n(C(F)c3ccccc3)c2=O)cc1. The van der Waals surface area contributed by atoms with E-state index in [-0.39, 0.29) is 27.9 Å². The van der Waals surface area contributed by atoms with Crippen LogP contribution in [0.4, 0.5) is 10.1 Å². The van der Waals surface area contributed by atoms with E-state index in [1.807, 2.05) is 6.07 Å². The fourth-order valence-corrected chi connectivity index (χ4v) is 4.30. The Hall–Kier alpha value is -5.32. The van der Waals surface area contributed by atoms with Gasteiger partial charge in [-0.3, -0.25) is 19.5 Å². The van der Waals surface area contributed by atoms with Crippen LogP contribution in [0.3, 0.4) is 0 Å². The Kier molecular flexibility index (Phi) is 6.87. The van der Waals surface area contributed by atoms with Gasteiger partial charge in [0, 0.05) is 17.3 Å². The Bertz CT molecular complexity index is 1750. The van der Waals surface area contributed by atoms with Crippen LogP contribution in [0.2, 0.25) is 0 Å². The quantitative estimate of drug-likeness (QED) is 0.219. The van der Waals surface area contributed by atoms with Crippen LogP contribution in [0.5, 0.6) is 5.75 Å². The van der Waals surface area contributed by atoms with E-state index in [0.29, 0.717) is 17.0 Å². The second-order valence-corrected chi connectivity index (χ2v) is 8.60. The molecule has 0 aliphatic heterocycles. The standard InChI is InChI=1S/C28H22FN5O5/c1-39-23-14-12-19(13-15-23)17-31-24(21-16-30-32(18-21)22-10-6-3-7-11-22)25(34(37)38)27(35)33(28(31)36)26(29)20-8-4-2-5-9-20/h2-16,18,26H,17H2,1H3. The molecule has 0 spiro atoms. The summed E-state index contributed by atoms with van der Waals surface area (Å²) in [5, 5.41) is 16.6. The number of halogens is 1. The third-order valence-electron chi connectivity index (χ3n) is 6.21. The predicted molar refractivity (Wildman–Crippen MR) is 142 cm³/mol. The molecule has 5 aromatic rings. The van der Waals surface area contributed by atoms with E-state index in [0.717, 1.165) is 4.57 Å². The van der Waals surface area contributed by atoms with Gasteiger partial charge in [0.25, 0.3) is 0 Å². The zero-order valence-corrected chi connectivity index (χ0v) is 20.7. The lowest BCUT2D eigenvalue weighted by Crippen LogP contribution is -2.43. The van der Waals surface area contributed by atoms with Crippen molar-refractivity contribution in [3.8, 4) is 22.7 Å². The molecule has 11 heteroatoms. The number of para-hydroxylation sites is 1. The van der Waals surface area contributed by atoms with E-state index in [4.69, 9.17) is 4.74 Å². The molecular weight excluding hydrogens is 505 g/mol. The largest absolute Gasteiger partial charge is 0.497 e. The summed E-state index contributed by atoms with van der Waals surface area (Å²) in [6, 6.07) is 23.2. The molecular formula is C28H22FN5O5. The topological polar surface area (TPSA) is 114 Å². The average Bonchev–Trinajstić information content (AvgIpc) is 3.45. The zero-order valence-electron chi connectivity index (χ0n) is 20.7. The Morgan fingerprint density at radius 2 is 1.62 bits per heavy atom. The van der Waals surface area contributed by atoms with Gasteiger partial charge in [-0.2, -0.15) is 5.10 Å². The summed E-state index contributed by atoms with van der Waals surface area (Å²) in [5.74, 6) is 0.569. The molecule has 10 nitrogen and oxygen atoms in total. The molecule has 0 aliphatic carbocycles. The second-order valence-electron chi connectivity index (χ2n) is 8.60. The minimum Gasteiger partial charge on any atom is -0.497 e. The number of aromatic nitrogens is 4. The van der Waals surface area contributed by atoms with Gasteiger partial charge in [-0.25, -0.2) is 18.4 Å². The van der Waals surface area contributed by atoms with Crippen LogP contribution in [-0.4, -0.2) is 30.9 Å². The van der Waals surface area contributed by atoms with Gasteiger partial charge < -0.3 is 4.74 Å². The van der Waals surface area contributed by atoms with Gasteiger partial charge in [-0.15, -0.1) is 0 Å². The molecule has 2 aromatic heterocycles. The minimum atomic E-state index is -2.24. The number of benzene rings is 3. The van der Waals surface area contributed by atoms with E-state index in [2.05, 4.69) is 5.10 Å². The first kappa shape index (κ1) is 25.3. The third kappa shape index (κ3) is 4.85. The van der Waals surface area contributed by atoms with Crippen molar-refractivity contribution < 1.29 is 14.1 Å². The molecule has 1 atom stereocenters. The summed E-state index contributed by atoms with van der Waals surface area (Å²) in [4.78, 5) is 38.6. The third-order valence-corrected chi connectivity index (χ3v) is 6.21. The van der Waals surface area contributed by atoms with E-state index >= 15 is 4.39 Å². The van der Waals surface area contributed by atoms with Crippen LogP contribution >= 0.6 is 0 Å². The Morgan fingerprint density at radius 3 is 2.23 bits per heavy atom. The van der Waals surface area contributed by atoms with Crippen molar-refractivity contribution in [1.82, 2.24) is 18.9 Å². The van der Waals surface area contributed by atoms with Gasteiger partial charge in [-0.05, 0) is 29.8 Å². The van der Waals surface area contributed by atoms with Crippen LogP contribution in [0.15, 0.2) is 107 Å². The zero-order chi connectivity index (χ0) is 27.5. The number of hydrogen-bond acceptors (Lipinski definition) is 6. The van der Waals surface area contributed by atoms with E-state index in [1.165, 1.54) is 36.3 Å². The smallest absolute Gasteiger partial charge is 0.358 e. The molecule has 0 radical (unpaired) electrons. The fourth-order valence-electron chi connectivity index (χ4n) is 4.30. The lowest BCUT2D eigenvalue weighted by molar-refractivity contribution is -0.386. The maximum absolute atomic E-state index is 15.7. The molecule has 196 valence electrons. The number of hydrogen-bond donors (Lipinski definition) is 0. The highest BCUT2D eigenvalue weighted by atomic mass is 19.1. The normalized spacial score (nSPS) is 11.7. The molecule has 0 saturated carbocycles. The van der Waals surface area contributed by atoms with Crippen molar-refractivity contribution >= 4 is 5.69 Å². The van der Waals surface area contributed by atoms with Gasteiger partial charge in [0.2, 0.25) is 6.30 Å². The molecule has 39 heavy (non-hydrogen) atoms. The van der Waals surface area contributed by atoms with Crippen molar-refractivity contribution in [3.05, 3.63) is 139 Å². The van der Waals surface area contributed by atoms with Crippen LogP contribution in [0, 0.1) is 10.1 Å². The Morgan fingerprint density at radius 1 is 0.974 bits per heavy atom. The highest BCUT2D eigenvalue weighted by molar-refractivity contribution is 5.69. The monoisotopic (exact) mass is 527 g/mol. The van der Waals surface area contributed by atoms with Crippen molar-refractivity contribution in [2.75, 3.05) is 7.11 Å². The summed E-state index contributed by atoms with van der Waals surface area (Å²) in [7, 11) is 1.51. The van der Waals surface area contributed by atoms with Gasteiger partial charge in [0.15, 0.2) is 0 Å². The molecule has 0 saturated heterocycles. The van der Waals surface area contributed by atoms with E-state index < -0.39 is 28.2 Å². The maximum atomic E-state index is 15.7. The van der Waals surface area contributed by atoms with Crippen LogP contribution < -0.4 is 16.0 Å². The first-order valence-corrected chi connectivity index (χ1v) is 11.8. The number of nitrogens with zero attached hydrogens (tertiary/aromatic N) is 5. The van der Waals surface area contributed by atoms with Crippen molar-refractivity contribution in [2.24, 2.45) is 0 Å². The lowest BCUT2D eigenvalue weighted by atomic mass is 10.1. The van der Waals surface area contributed by atoms with Crippen molar-refractivity contribution in [3.63, 3.8) is 0 Å². The van der Waals surface area contributed by atoms with E-state index in [1.54, 1.807) is 66.7 Å². The van der Waals surface area contributed by atoms with Crippen molar-refractivity contribution in [1.29, 1.82) is 0 Å². The fraction of sp³-hybridized carbons (Fsp3) is 0.107. The van der Waals surface area contributed by atoms with Gasteiger partial charge in [-0.1, -0.05) is 60.7 Å². The number of methoxy groups -OCH3 is 1. The highest BCUT2D eigenvalue weighted by Gasteiger charge is 2.33. The molecule has 0 bridgehead atoms. The van der Waals surface area contributed by atoms with Crippen LogP contribution in [0.1, 0.15) is 17.4 Å². The van der Waals surface area contributed by atoms with E-state index in [9.17, 15) is 19.7 Å². The summed E-state index contributed by atoms with van der Waals surface area (Å²) >= 11 is 0. The number of nitro groups is 1. The van der Waals surface area contributed by atoms with Crippen molar-refractivity contribution in [2.45, 2.75) is 12.8 Å². The summed E-state index contributed by atoms with van der Waals surface area (Å²) < 4.78 is 23.7. The second kappa shape index (κ2) is 10.6.